The lowest BCUT2D eigenvalue weighted by molar-refractivity contribution is 0.0464. The van der Waals surface area contributed by atoms with Crippen LogP contribution in [0.1, 0.15) is 26.4 Å². The van der Waals surface area contributed by atoms with Crippen LogP contribution < -0.4 is 0 Å². The normalized spacial score (nSPS) is 10.1. The number of carbonyl (C=O) groups excluding carboxylic acids is 2. The molecule has 0 atom stereocenters. The number of pyridine rings is 1. The van der Waals surface area contributed by atoms with Gasteiger partial charge in [-0.3, -0.25) is 0 Å². The molecular formula is C15H11Cl2NO4. The van der Waals surface area contributed by atoms with Gasteiger partial charge in [0.15, 0.2) is 5.69 Å². The molecule has 1 aromatic carbocycles. The third-order valence-corrected chi connectivity index (χ3v) is 3.27. The van der Waals surface area contributed by atoms with Crippen molar-refractivity contribution in [2.75, 3.05) is 7.11 Å². The smallest absolute Gasteiger partial charge is 0.358 e. The van der Waals surface area contributed by atoms with E-state index >= 15 is 0 Å². The number of halogens is 2. The van der Waals surface area contributed by atoms with Gasteiger partial charge in [-0.15, -0.1) is 0 Å². The minimum absolute atomic E-state index is 0.0187. The molecule has 2 rings (SSSR count). The van der Waals surface area contributed by atoms with Crippen molar-refractivity contribution in [1.29, 1.82) is 0 Å². The second-order valence-corrected chi connectivity index (χ2v) is 5.02. The number of aromatic nitrogens is 1. The van der Waals surface area contributed by atoms with E-state index < -0.39 is 11.9 Å². The van der Waals surface area contributed by atoms with Crippen molar-refractivity contribution in [2.45, 2.75) is 6.61 Å². The largest absolute Gasteiger partial charge is 0.465 e. The zero-order chi connectivity index (χ0) is 16.1. The Morgan fingerprint density at radius 2 is 1.73 bits per heavy atom. The highest BCUT2D eigenvalue weighted by molar-refractivity contribution is 6.34. The molecule has 0 aliphatic heterocycles. The van der Waals surface area contributed by atoms with E-state index in [-0.39, 0.29) is 22.5 Å². The molecule has 0 fully saturated rings. The maximum atomic E-state index is 11.9. The highest BCUT2D eigenvalue weighted by Gasteiger charge is 2.14. The van der Waals surface area contributed by atoms with Gasteiger partial charge in [-0.2, -0.15) is 0 Å². The molecule has 7 heteroatoms. The lowest BCUT2D eigenvalue weighted by atomic mass is 10.1. The molecule has 0 N–H and O–H groups in total. The molecule has 0 aliphatic carbocycles. The van der Waals surface area contributed by atoms with Gasteiger partial charge < -0.3 is 9.47 Å². The first-order chi connectivity index (χ1) is 10.5. The fourth-order valence-electron chi connectivity index (χ4n) is 1.63. The maximum Gasteiger partial charge on any atom is 0.358 e. The van der Waals surface area contributed by atoms with Crippen molar-refractivity contribution in [1.82, 2.24) is 4.98 Å². The molecule has 0 amide bonds. The van der Waals surface area contributed by atoms with Crippen LogP contribution in [0.3, 0.4) is 0 Å². The van der Waals surface area contributed by atoms with Crippen molar-refractivity contribution in [3.8, 4) is 0 Å². The molecule has 0 aliphatic rings. The van der Waals surface area contributed by atoms with Crippen LogP contribution in [-0.4, -0.2) is 24.0 Å². The number of benzene rings is 1. The monoisotopic (exact) mass is 339 g/mol. The molecule has 114 valence electrons. The lowest BCUT2D eigenvalue weighted by Crippen LogP contribution is -2.08. The van der Waals surface area contributed by atoms with Crippen LogP contribution in [-0.2, 0) is 16.1 Å². The Kier molecular flexibility index (Phi) is 5.35. The van der Waals surface area contributed by atoms with E-state index in [0.717, 1.165) is 0 Å². The number of hydrogen-bond donors (Lipinski definition) is 0. The van der Waals surface area contributed by atoms with E-state index in [1.54, 1.807) is 24.3 Å². The lowest BCUT2D eigenvalue weighted by Gasteiger charge is -2.06. The molecule has 0 unspecified atom stereocenters. The van der Waals surface area contributed by atoms with Crippen LogP contribution in [0, 0.1) is 0 Å². The number of esters is 2. The fourth-order valence-corrected chi connectivity index (χ4v) is 1.96. The van der Waals surface area contributed by atoms with Gasteiger partial charge in [0.25, 0.3) is 0 Å². The SMILES string of the molecule is COC(=O)c1ccc(COC(=O)c2nc(Cl)ccc2Cl)cc1. The summed E-state index contributed by atoms with van der Waals surface area (Å²) in [7, 11) is 1.31. The number of ether oxygens (including phenoxy) is 2. The van der Waals surface area contributed by atoms with Gasteiger partial charge >= 0.3 is 11.9 Å². The molecule has 5 nitrogen and oxygen atoms in total. The zero-order valence-electron chi connectivity index (χ0n) is 11.5. The summed E-state index contributed by atoms with van der Waals surface area (Å²) in [6.45, 7) is 0.0187. The third-order valence-electron chi connectivity index (χ3n) is 2.75. The van der Waals surface area contributed by atoms with Gasteiger partial charge in [0.1, 0.15) is 11.8 Å². The standard InChI is InChI=1S/C15H11Cl2NO4/c1-21-14(19)10-4-2-9(3-5-10)8-22-15(20)13-11(16)6-7-12(17)18-13/h2-7H,8H2,1H3. The van der Waals surface area contributed by atoms with Crippen molar-refractivity contribution in [3.63, 3.8) is 0 Å². The van der Waals surface area contributed by atoms with Crippen molar-refractivity contribution < 1.29 is 19.1 Å². The Morgan fingerprint density at radius 1 is 1.05 bits per heavy atom. The number of carbonyl (C=O) groups is 2. The average molecular weight is 340 g/mol. The molecule has 1 aromatic heterocycles. The highest BCUT2D eigenvalue weighted by Crippen LogP contribution is 2.18. The van der Waals surface area contributed by atoms with E-state index in [4.69, 9.17) is 27.9 Å². The molecule has 0 bridgehead atoms. The Morgan fingerprint density at radius 3 is 2.36 bits per heavy atom. The number of nitrogens with zero attached hydrogens (tertiary/aromatic N) is 1. The first-order valence-electron chi connectivity index (χ1n) is 6.17. The van der Waals surface area contributed by atoms with Crippen LogP contribution in [0.25, 0.3) is 0 Å². The van der Waals surface area contributed by atoms with E-state index in [9.17, 15) is 9.59 Å². The average Bonchev–Trinajstić information content (AvgIpc) is 2.54. The van der Waals surface area contributed by atoms with Crippen molar-refractivity contribution in [3.05, 3.63) is 63.4 Å². The van der Waals surface area contributed by atoms with Crippen LogP contribution >= 0.6 is 23.2 Å². The van der Waals surface area contributed by atoms with Crippen LogP contribution in [0.15, 0.2) is 36.4 Å². The first kappa shape index (κ1) is 16.3. The van der Waals surface area contributed by atoms with E-state index in [1.165, 1.54) is 19.2 Å². The van der Waals surface area contributed by atoms with Crippen molar-refractivity contribution in [2.24, 2.45) is 0 Å². The Labute approximate surface area is 136 Å². The van der Waals surface area contributed by atoms with Gasteiger partial charge in [-0.25, -0.2) is 14.6 Å². The minimum Gasteiger partial charge on any atom is -0.465 e. The van der Waals surface area contributed by atoms with E-state index in [1.807, 2.05) is 0 Å². The Bertz CT molecular complexity index is 701. The summed E-state index contributed by atoms with van der Waals surface area (Å²) < 4.78 is 9.71. The van der Waals surface area contributed by atoms with Gasteiger partial charge in [0.2, 0.25) is 0 Å². The summed E-state index contributed by atoms with van der Waals surface area (Å²) in [5.74, 6) is -1.11. The molecule has 0 saturated carbocycles. The topological polar surface area (TPSA) is 65.5 Å². The second kappa shape index (κ2) is 7.24. The van der Waals surface area contributed by atoms with Crippen molar-refractivity contribution >= 4 is 35.1 Å². The zero-order valence-corrected chi connectivity index (χ0v) is 13.0. The highest BCUT2D eigenvalue weighted by atomic mass is 35.5. The molecule has 22 heavy (non-hydrogen) atoms. The summed E-state index contributed by atoms with van der Waals surface area (Å²) in [5.41, 5.74) is 1.08. The van der Waals surface area contributed by atoms with Gasteiger partial charge in [-0.1, -0.05) is 35.3 Å². The van der Waals surface area contributed by atoms with Gasteiger partial charge in [0.05, 0.1) is 17.7 Å². The Balaban J connectivity index is 2.02. The number of rotatable bonds is 4. The summed E-state index contributed by atoms with van der Waals surface area (Å²) in [4.78, 5) is 27.0. The van der Waals surface area contributed by atoms with Gasteiger partial charge in [0, 0.05) is 0 Å². The molecule has 1 heterocycles. The molecule has 0 radical (unpaired) electrons. The predicted molar refractivity (Wildman–Crippen MR) is 81.2 cm³/mol. The molecular weight excluding hydrogens is 329 g/mol. The minimum atomic E-state index is -0.676. The second-order valence-electron chi connectivity index (χ2n) is 4.23. The van der Waals surface area contributed by atoms with Crippen LogP contribution in [0.5, 0.6) is 0 Å². The first-order valence-corrected chi connectivity index (χ1v) is 6.93. The van der Waals surface area contributed by atoms with E-state index in [0.29, 0.717) is 11.1 Å². The predicted octanol–water partition coefficient (Wildman–Crippen LogP) is 3.53. The molecule has 0 spiro atoms. The van der Waals surface area contributed by atoms with Crippen LogP contribution in [0.2, 0.25) is 10.2 Å². The fraction of sp³-hybridized carbons (Fsp3) is 0.133. The summed E-state index contributed by atoms with van der Waals surface area (Å²) >= 11 is 11.6. The molecule has 2 aromatic rings. The third kappa shape index (κ3) is 3.96. The summed E-state index contributed by atoms with van der Waals surface area (Å²) in [6.07, 6.45) is 0. The number of hydrogen-bond acceptors (Lipinski definition) is 5. The summed E-state index contributed by atoms with van der Waals surface area (Å²) in [6, 6.07) is 9.43. The quantitative estimate of drug-likeness (QED) is 0.629. The van der Waals surface area contributed by atoms with E-state index in [2.05, 4.69) is 9.72 Å². The van der Waals surface area contributed by atoms with Gasteiger partial charge in [-0.05, 0) is 29.8 Å². The maximum absolute atomic E-state index is 11.9. The summed E-state index contributed by atoms with van der Waals surface area (Å²) in [5, 5.41) is 0.314. The van der Waals surface area contributed by atoms with Crippen LogP contribution in [0.4, 0.5) is 0 Å². The Hall–Kier alpha value is -2.11. The number of methoxy groups -OCH3 is 1. The molecule has 0 saturated heterocycles.